The molecule has 11 heavy (non-hydrogen) atoms. The minimum Gasteiger partial charge on any atom is -0.0654 e. The highest BCUT2D eigenvalue weighted by Gasteiger charge is 2.22. The molecule has 0 amide bonds. The molecule has 0 aliphatic heterocycles. The molecule has 0 N–H and O–H groups in total. The fourth-order valence-electron chi connectivity index (χ4n) is 2.52. The van der Waals surface area contributed by atoms with Crippen LogP contribution in [0.15, 0.2) is 0 Å². The van der Waals surface area contributed by atoms with E-state index in [0.717, 1.165) is 11.8 Å². The molecule has 1 aliphatic rings. The van der Waals surface area contributed by atoms with E-state index in [-0.39, 0.29) is 0 Å². The lowest BCUT2D eigenvalue weighted by Crippen LogP contribution is -1.95. The number of hydrogen-bond acceptors (Lipinski definition) is 0. The summed E-state index contributed by atoms with van der Waals surface area (Å²) < 4.78 is 0. The van der Waals surface area contributed by atoms with Crippen LogP contribution in [-0.2, 0) is 0 Å². The summed E-state index contributed by atoms with van der Waals surface area (Å²) in [6, 6.07) is 0. The fraction of sp³-hybridized carbons (Fsp3) is 1.00. The van der Waals surface area contributed by atoms with Gasteiger partial charge in [0.05, 0.1) is 0 Å². The quantitative estimate of drug-likeness (QED) is 0.574. The molecule has 1 fully saturated rings. The molecule has 0 heterocycles. The van der Waals surface area contributed by atoms with Gasteiger partial charge in [0, 0.05) is 0 Å². The van der Waals surface area contributed by atoms with Crippen molar-refractivity contribution in [1.29, 1.82) is 0 Å². The van der Waals surface area contributed by atoms with E-state index in [2.05, 4.69) is 13.8 Å². The predicted molar refractivity (Wildman–Crippen MR) is 50.6 cm³/mol. The molecule has 1 saturated carbocycles. The normalized spacial score (nSPS) is 31.1. The van der Waals surface area contributed by atoms with Gasteiger partial charge in [0.1, 0.15) is 0 Å². The Morgan fingerprint density at radius 2 is 1.36 bits per heavy atom. The maximum Gasteiger partial charge on any atom is -0.0412 e. The maximum atomic E-state index is 2.31. The average Bonchev–Trinajstić information content (AvgIpc) is 2.38. The average molecular weight is 154 g/mol. The smallest absolute Gasteiger partial charge is 0.0412 e. The molecule has 0 bridgehead atoms. The third-order valence-corrected chi connectivity index (χ3v) is 3.04. The SMILES string of the molecule is CCC[C@@H]1CC[C@H](CCC)C1. The monoisotopic (exact) mass is 154 g/mol. The van der Waals surface area contributed by atoms with Crippen LogP contribution in [-0.4, -0.2) is 0 Å². The van der Waals surface area contributed by atoms with Gasteiger partial charge in [-0.05, 0) is 18.3 Å². The molecule has 0 unspecified atom stereocenters. The molecule has 0 nitrogen and oxygen atoms in total. The van der Waals surface area contributed by atoms with E-state index in [1.54, 1.807) is 6.42 Å². The zero-order valence-electron chi connectivity index (χ0n) is 8.10. The second-order valence-electron chi connectivity index (χ2n) is 4.12. The standard InChI is InChI=1S/C11H22/c1-3-5-10-7-8-11(9-10)6-4-2/h10-11H,3-9H2,1-2H3/t10-,11+. The van der Waals surface area contributed by atoms with Gasteiger partial charge >= 0.3 is 0 Å². The van der Waals surface area contributed by atoms with Gasteiger partial charge in [0.2, 0.25) is 0 Å². The van der Waals surface area contributed by atoms with Crippen molar-refractivity contribution in [2.24, 2.45) is 11.8 Å². The van der Waals surface area contributed by atoms with Crippen LogP contribution in [0.3, 0.4) is 0 Å². The van der Waals surface area contributed by atoms with E-state index in [0.29, 0.717) is 0 Å². The molecule has 0 aromatic rings. The summed E-state index contributed by atoms with van der Waals surface area (Å²) in [5, 5.41) is 0. The fourth-order valence-corrected chi connectivity index (χ4v) is 2.52. The topological polar surface area (TPSA) is 0 Å². The molecule has 0 radical (unpaired) electrons. The summed E-state index contributed by atoms with van der Waals surface area (Å²) in [4.78, 5) is 0. The Bertz CT molecular complexity index is 84.2. The Kier molecular flexibility index (Phi) is 3.96. The summed E-state index contributed by atoms with van der Waals surface area (Å²) in [5.74, 6) is 2.19. The first kappa shape index (κ1) is 9.09. The zero-order chi connectivity index (χ0) is 8.10. The molecule has 0 aromatic heterocycles. The van der Waals surface area contributed by atoms with Gasteiger partial charge in [-0.3, -0.25) is 0 Å². The molecule has 66 valence electrons. The first-order valence-electron chi connectivity index (χ1n) is 5.36. The van der Waals surface area contributed by atoms with Gasteiger partial charge in [-0.15, -0.1) is 0 Å². The predicted octanol–water partition coefficient (Wildman–Crippen LogP) is 4.00. The van der Waals surface area contributed by atoms with E-state index in [1.807, 2.05) is 0 Å². The van der Waals surface area contributed by atoms with Gasteiger partial charge in [-0.1, -0.05) is 52.4 Å². The van der Waals surface area contributed by atoms with Gasteiger partial charge in [-0.2, -0.15) is 0 Å². The van der Waals surface area contributed by atoms with Crippen molar-refractivity contribution < 1.29 is 0 Å². The third kappa shape index (κ3) is 2.84. The summed E-state index contributed by atoms with van der Waals surface area (Å²) in [7, 11) is 0. The van der Waals surface area contributed by atoms with Crippen LogP contribution in [0.1, 0.15) is 58.8 Å². The molecule has 0 saturated heterocycles. The number of rotatable bonds is 4. The molecular formula is C11H22. The summed E-state index contributed by atoms with van der Waals surface area (Å²) in [5.41, 5.74) is 0. The Labute approximate surface area is 71.4 Å². The van der Waals surface area contributed by atoms with E-state index >= 15 is 0 Å². The zero-order valence-corrected chi connectivity index (χ0v) is 8.10. The van der Waals surface area contributed by atoms with Crippen LogP contribution < -0.4 is 0 Å². The van der Waals surface area contributed by atoms with Crippen molar-refractivity contribution in [3.05, 3.63) is 0 Å². The van der Waals surface area contributed by atoms with Crippen molar-refractivity contribution in [3.8, 4) is 0 Å². The Hall–Kier alpha value is 0. The molecule has 0 heteroatoms. The van der Waals surface area contributed by atoms with Crippen molar-refractivity contribution in [2.75, 3.05) is 0 Å². The van der Waals surface area contributed by atoms with Crippen LogP contribution in [0.4, 0.5) is 0 Å². The molecule has 1 aliphatic carbocycles. The van der Waals surface area contributed by atoms with E-state index in [1.165, 1.54) is 38.5 Å². The summed E-state index contributed by atoms with van der Waals surface area (Å²) in [6.45, 7) is 4.63. The van der Waals surface area contributed by atoms with Crippen LogP contribution in [0.5, 0.6) is 0 Å². The highest BCUT2D eigenvalue weighted by atomic mass is 14.3. The minimum atomic E-state index is 1.09. The minimum absolute atomic E-state index is 1.09. The lowest BCUT2D eigenvalue weighted by Gasteiger charge is -2.08. The van der Waals surface area contributed by atoms with Crippen molar-refractivity contribution >= 4 is 0 Å². The van der Waals surface area contributed by atoms with E-state index in [9.17, 15) is 0 Å². The molecule has 1 rings (SSSR count). The number of hydrogen-bond donors (Lipinski definition) is 0. The lowest BCUT2D eigenvalue weighted by molar-refractivity contribution is 0.440. The first-order chi connectivity index (χ1) is 5.36. The van der Waals surface area contributed by atoms with Crippen LogP contribution in [0, 0.1) is 11.8 Å². The Balaban J connectivity index is 2.12. The lowest BCUT2D eigenvalue weighted by atomic mass is 9.98. The van der Waals surface area contributed by atoms with Crippen molar-refractivity contribution in [1.82, 2.24) is 0 Å². The van der Waals surface area contributed by atoms with Crippen LogP contribution in [0.25, 0.3) is 0 Å². The van der Waals surface area contributed by atoms with Gasteiger partial charge < -0.3 is 0 Å². The van der Waals surface area contributed by atoms with Gasteiger partial charge in [-0.25, -0.2) is 0 Å². The molecule has 0 aromatic carbocycles. The molecule has 2 atom stereocenters. The second kappa shape index (κ2) is 4.79. The summed E-state index contributed by atoms with van der Waals surface area (Å²) in [6.07, 6.45) is 10.4. The Morgan fingerprint density at radius 3 is 1.73 bits per heavy atom. The van der Waals surface area contributed by atoms with E-state index in [4.69, 9.17) is 0 Å². The largest absolute Gasteiger partial charge is 0.0654 e. The van der Waals surface area contributed by atoms with Crippen molar-refractivity contribution in [3.63, 3.8) is 0 Å². The summed E-state index contributed by atoms with van der Waals surface area (Å²) >= 11 is 0. The molecular weight excluding hydrogens is 132 g/mol. The van der Waals surface area contributed by atoms with Crippen LogP contribution in [0.2, 0.25) is 0 Å². The third-order valence-electron chi connectivity index (χ3n) is 3.04. The van der Waals surface area contributed by atoms with E-state index < -0.39 is 0 Å². The van der Waals surface area contributed by atoms with Crippen LogP contribution >= 0.6 is 0 Å². The molecule has 0 spiro atoms. The van der Waals surface area contributed by atoms with Gasteiger partial charge in [0.25, 0.3) is 0 Å². The second-order valence-corrected chi connectivity index (χ2v) is 4.12. The van der Waals surface area contributed by atoms with Gasteiger partial charge in [0.15, 0.2) is 0 Å². The van der Waals surface area contributed by atoms with Crippen molar-refractivity contribution in [2.45, 2.75) is 58.8 Å². The first-order valence-corrected chi connectivity index (χ1v) is 5.36. The maximum absolute atomic E-state index is 2.31. The highest BCUT2D eigenvalue weighted by Crippen LogP contribution is 2.35. The Morgan fingerprint density at radius 1 is 0.909 bits per heavy atom. The highest BCUT2D eigenvalue weighted by molar-refractivity contribution is 4.74.